The van der Waals surface area contributed by atoms with Gasteiger partial charge in [0.05, 0.1) is 11.9 Å². The standard InChI is InChI=1S/C19H30N4/c1-5-16-10-11-23(14(16)2)15(3)17-6-8-18(9-7-17)21-19-12-20-22(4)13-19/h10-13,15,17-18,21H,5-9H2,1-4H3. The first-order chi connectivity index (χ1) is 11.1. The van der Waals surface area contributed by atoms with E-state index in [-0.39, 0.29) is 0 Å². The number of nitrogens with one attached hydrogen (secondary N) is 1. The topological polar surface area (TPSA) is 34.8 Å². The van der Waals surface area contributed by atoms with Gasteiger partial charge in [-0.1, -0.05) is 6.92 Å². The fraction of sp³-hybridized carbons (Fsp3) is 0.632. The maximum absolute atomic E-state index is 4.24. The largest absolute Gasteiger partial charge is 0.380 e. The Hall–Kier alpha value is -1.71. The van der Waals surface area contributed by atoms with Crippen LogP contribution in [0.3, 0.4) is 0 Å². The Morgan fingerprint density at radius 2 is 2.04 bits per heavy atom. The number of rotatable bonds is 5. The molecule has 0 saturated heterocycles. The van der Waals surface area contributed by atoms with Crippen molar-refractivity contribution < 1.29 is 0 Å². The lowest BCUT2D eigenvalue weighted by atomic mass is 9.82. The van der Waals surface area contributed by atoms with Crippen LogP contribution in [-0.4, -0.2) is 20.4 Å². The van der Waals surface area contributed by atoms with Gasteiger partial charge in [0.25, 0.3) is 0 Å². The number of hydrogen-bond donors (Lipinski definition) is 1. The van der Waals surface area contributed by atoms with Crippen LogP contribution in [0.25, 0.3) is 0 Å². The highest BCUT2D eigenvalue weighted by atomic mass is 15.3. The highest BCUT2D eigenvalue weighted by Gasteiger charge is 2.26. The lowest BCUT2D eigenvalue weighted by Crippen LogP contribution is -2.29. The quantitative estimate of drug-likeness (QED) is 0.891. The predicted molar refractivity (Wildman–Crippen MR) is 95.8 cm³/mol. The van der Waals surface area contributed by atoms with E-state index in [1.165, 1.54) is 36.9 Å². The minimum atomic E-state index is 0.597. The van der Waals surface area contributed by atoms with Crippen molar-refractivity contribution in [3.8, 4) is 0 Å². The van der Waals surface area contributed by atoms with E-state index in [1.807, 2.05) is 17.9 Å². The molecule has 3 rings (SSSR count). The smallest absolute Gasteiger partial charge is 0.0728 e. The number of anilines is 1. The normalized spacial score (nSPS) is 23.0. The molecule has 23 heavy (non-hydrogen) atoms. The van der Waals surface area contributed by atoms with Gasteiger partial charge in [-0.2, -0.15) is 5.10 Å². The summed E-state index contributed by atoms with van der Waals surface area (Å²) in [6, 6.07) is 3.50. The molecule has 4 heteroatoms. The molecule has 1 atom stereocenters. The van der Waals surface area contributed by atoms with Gasteiger partial charge in [0.2, 0.25) is 0 Å². The van der Waals surface area contributed by atoms with E-state index in [9.17, 15) is 0 Å². The molecular weight excluding hydrogens is 284 g/mol. The van der Waals surface area contributed by atoms with Crippen molar-refractivity contribution in [2.75, 3.05) is 5.32 Å². The highest BCUT2D eigenvalue weighted by molar-refractivity contribution is 5.39. The number of nitrogens with zero attached hydrogens (tertiary/aromatic N) is 3. The maximum Gasteiger partial charge on any atom is 0.0728 e. The van der Waals surface area contributed by atoms with E-state index >= 15 is 0 Å². The fourth-order valence-corrected chi connectivity index (χ4v) is 4.09. The molecule has 0 radical (unpaired) electrons. The minimum Gasteiger partial charge on any atom is -0.380 e. The van der Waals surface area contributed by atoms with Gasteiger partial charge >= 0.3 is 0 Å². The van der Waals surface area contributed by atoms with Crippen LogP contribution in [-0.2, 0) is 13.5 Å². The molecular formula is C19H30N4. The third-order valence-electron chi connectivity index (χ3n) is 5.64. The Bertz CT molecular complexity index is 632. The predicted octanol–water partition coefficient (Wildman–Crippen LogP) is 4.32. The van der Waals surface area contributed by atoms with Crippen LogP contribution in [0.15, 0.2) is 24.7 Å². The summed E-state index contributed by atoms with van der Waals surface area (Å²) in [5, 5.41) is 7.87. The highest BCUT2D eigenvalue weighted by Crippen LogP contribution is 2.35. The molecule has 0 aliphatic heterocycles. The molecule has 2 heterocycles. The molecule has 1 unspecified atom stereocenters. The molecule has 2 aromatic heterocycles. The van der Waals surface area contributed by atoms with Crippen molar-refractivity contribution in [3.63, 3.8) is 0 Å². The van der Waals surface area contributed by atoms with Gasteiger partial charge in [-0.25, -0.2) is 0 Å². The molecule has 1 saturated carbocycles. The summed E-state index contributed by atoms with van der Waals surface area (Å²) >= 11 is 0. The van der Waals surface area contributed by atoms with E-state index < -0.39 is 0 Å². The average molecular weight is 314 g/mol. The van der Waals surface area contributed by atoms with Crippen LogP contribution in [0.5, 0.6) is 0 Å². The monoisotopic (exact) mass is 314 g/mol. The van der Waals surface area contributed by atoms with E-state index in [1.54, 1.807) is 0 Å². The van der Waals surface area contributed by atoms with E-state index in [2.05, 4.69) is 54.2 Å². The van der Waals surface area contributed by atoms with Crippen LogP contribution in [0.1, 0.15) is 56.8 Å². The average Bonchev–Trinajstić information content (AvgIpc) is 3.13. The van der Waals surface area contributed by atoms with Crippen LogP contribution in [0.2, 0.25) is 0 Å². The van der Waals surface area contributed by atoms with Crippen molar-refractivity contribution >= 4 is 5.69 Å². The summed E-state index contributed by atoms with van der Waals surface area (Å²) in [6.07, 6.45) is 12.5. The molecule has 0 bridgehead atoms. The third-order valence-corrected chi connectivity index (χ3v) is 5.64. The van der Waals surface area contributed by atoms with Crippen LogP contribution < -0.4 is 5.32 Å². The van der Waals surface area contributed by atoms with Gasteiger partial charge < -0.3 is 9.88 Å². The number of hydrogen-bond acceptors (Lipinski definition) is 2. The minimum absolute atomic E-state index is 0.597. The lowest BCUT2D eigenvalue weighted by molar-refractivity contribution is 0.251. The number of aryl methyl sites for hydroxylation is 2. The Labute approximate surface area is 139 Å². The molecule has 126 valence electrons. The number of aromatic nitrogens is 3. The summed E-state index contributed by atoms with van der Waals surface area (Å²) in [4.78, 5) is 0. The summed E-state index contributed by atoms with van der Waals surface area (Å²) in [6.45, 7) is 6.91. The first kappa shape index (κ1) is 16.2. The molecule has 2 aromatic rings. The Morgan fingerprint density at radius 1 is 1.30 bits per heavy atom. The Morgan fingerprint density at radius 3 is 2.61 bits per heavy atom. The molecule has 0 spiro atoms. The lowest BCUT2D eigenvalue weighted by Gasteiger charge is -2.34. The molecule has 1 aliphatic carbocycles. The maximum atomic E-state index is 4.24. The summed E-state index contributed by atoms with van der Waals surface area (Å²) in [7, 11) is 1.97. The van der Waals surface area contributed by atoms with E-state index in [0.717, 1.165) is 18.0 Å². The SMILES string of the molecule is CCc1ccn(C(C)C2CCC(Nc3cnn(C)c3)CC2)c1C. The molecule has 1 aliphatic rings. The molecule has 1 N–H and O–H groups in total. The van der Waals surface area contributed by atoms with Gasteiger partial charge in [0.1, 0.15) is 0 Å². The summed E-state index contributed by atoms with van der Waals surface area (Å²) in [5.74, 6) is 0.790. The fourth-order valence-electron chi connectivity index (χ4n) is 4.09. The van der Waals surface area contributed by atoms with Crippen molar-refractivity contribution in [1.29, 1.82) is 0 Å². The molecule has 4 nitrogen and oxygen atoms in total. The Balaban J connectivity index is 1.56. The van der Waals surface area contributed by atoms with E-state index in [0.29, 0.717) is 12.1 Å². The van der Waals surface area contributed by atoms with Crippen molar-refractivity contribution in [2.45, 2.75) is 65.0 Å². The zero-order valence-electron chi connectivity index (χ0n) is 14.9. The van der Waals surface area contributed by atoms with Gasteiger partial charge in [-0.05, 0) is 63.5 Å². The van der Waals surface area contributed by atoms with Gasteiger partial charge in [0.15, 0.2) is 0 Å². The summed E-state index contributed by atoms with van der Waals surface area (Å²) < 4.78 is 4.36. The van der Waals surface area contributed by atoms with Crippen LogP contribution >= 0.6 is 0 Å². The molecule has 0 aromatic carbocycles. The van der Waals surface area contributed by atoms with Crippen molar-refractivity contribution in [1.82, 2.24) is 14.3 Å². The second-order valence-electron chi connectivity index (χ2n) is 7.09. The zero-order valence-corrected chi connectivity index (χ0v) is 14.9. The van der Waals surface area contributed by atoms with Crippen LogP contribution in [0, 0.1) is 12.8 Å². The Kier molecular flexibility index (Phi) is 4.79. The first-order valence-corrected chi connectivity index (χ1v) is 9.00. The molecule has 0 amide bonds. The van der Waals surface area contributed by atoms with Crippen molar-refractivity contribution in [2.24, 2.45) is 13.0 Å². The second kappa shape index (κ2) is 6.81. The van der Waals surface area contributed by atoms with Gasteiger partial charge in [-0.3, -0.25) is 4.68 Å². The molecule has 1 fully saturated rings. The third kappa shape index (κ3) is 3.46. The summed E-state index contributed by atoms with van der Waals surface area (Å²) in [5.41, 5.74) is 4.09. The van der Waals surface area contributed by atoms with Gasteiger partial charge in [0, 0.05) is 37.2 Å². The first-order valence-electron chi connectivity index (χ1n) is 9.00. The zero-order chi connectivity index (χ0) is 16.4. The van der Waals surface area contributed by atoms with Crippen molar-refractivity contribution in [3.05, 3.63) is 35.9 Å². The second-order valence-corrected chi connectivity index (χ2v) is 7.09. The van der Waals surface area contributed by atoms with E-state index in [4.69, 9.17) is 0 Å². The van der Waals surface area contributed by atoms with Crippen LogP contribution in [0.4, 0.5) is 5.69 Å². The van der Waals surface area contributed by atoms with Gasteiger partial charge in [-0.15, -0.1) is 0 Å².